The van der Waals surface area contributed by atoms with Crippen LogP contribution < -0.4 is 4.98 Å². The van der Waals surface area contributed by atoms with Gasteiger partial charge in [0.1, 0.15) is 5.75 Å². The molecule has 0 saturated carbocycles. The van der Waals surface area contributed by atoms with Crippen LogP contribution in [0.15, 0.2) is 54.6 Å². The van der Waals surface area contributed by atoms with Gasteiger partial charge in [0.05, 0.1) is 0 Å². The van der Waals surface area contributed by atoms with Gasteiger partial charge in [-0.2, -0.15) is 11.4 Å². The fourth-order valence-electron chi connectivity index (χ4n) is 6.22. The summed E-state index contributed by atoms with van der Waals surface area (Å²) in [4.78, 5) is 4.11. The van der Waals surface area contributed by atoms with Crippen LogP contribution in [0.5, 0.6) is 5.75 Å². The number of nitrogens with zero attached hydrogens (tertiary/aromatic N) is 1. The molecule has 0 aliphatic rings. The molecular formula is C47H68NO2W-. The maximum atomic E-state index is 12.1. The zero-order chi connectivity index (χ0) is 39.0. The Morgan fingerprint density at radius 3 is 1.06 bits per heavy atom. The van der Waals surface area contributed by atoms with E-state index >= 15 is 0 Å². The number of aromatic nitrogens is 1. The predicted octanol–water partition coefficient (Wildman–Crippen LogP) is 14.0. The average molecular weight is 863 g/mol. The summed E-state index contributed by atoms with van der Waals surface area (Å²) in [6.45, 7) is 37.4. The molecule has 0 aliphatic carbocycles. The van der Waals surface area contributed by atoms with Crippen molar-refractivity contribution < 1.29 is 26.6 Å². The standard InChI is InChI=1S/C36H50O.C6H8N.C5H10.O.W/c1-20(2)26-16-30(22(5)6)34(31(17-26)23(7)8)28-14-13-15-29(36(28)37)35-32(24(9)10)18-27(21(3)4)19-33(35)25(11)12;1-5-3-4-6(2)7-5;1-5(2,3)4;;/h13-25,37H,1-12H3;3-4H,1-2H3;1H,2-4H3;;/q;-1;;;. The summed E-state index contributed by atoms with van der Waals surface area (Å²) in [7, 11) is 0. The molecule has 0 unspecified atom stereocenters. The number of para-hydroxylation sites is 1. The van der Waals surface area contributed by atoms with Crippen molar-refractivity contribution in [3.05, 3.63) is 99.4 Å². The van der Waals surface area contributed by atoms with E-state index in [-0.39, 0.29) is 5.41 Å². The number of phenolic OH excluding ortho intramolecular Hbond substituents is 1. The molecule has 0 saturated heterocycles. The van der Waals surface area contributed by atoms with Crippen molar-refractivity contribution in [3.8, 4) is 28.0 Å². The average Bonchev–Trinajstić information content (AvgIpc) is 3.41. The number of phenols is 1. The summed E-state index contributed by atoms with van der Waals surface area (Å²) in [5.41, 5.74) is 14.8. The second-order valence-corrected chi connectivity index (χ2v) is 18.6. The van der Waals surface area contributed by atoms with E-state index in [4.69, 9.17) is 0 Å². The van der Waals surface area contributed by atoms with E-state index in [9.17, 15) is 8.50 Å². The van der Waals surface area contributed by atoms with Crippen molar-refractivity contribution in [3.63, 3.8) is 0 Å². The molecule has 3 aromatic carbocycles. The molecule has 1 aromatic heterocycles. The van der Waals surface area contributed by atoms with Crippen molar-refractivity contribution in [2.45, 2.75) is 153 Å². The normalized spacial score (nSPS) is 11.7. The van der Waals surface area contributed by atoms with Gasteiger partial charge in [-0.25, -0.2) is 0 Å². The largest absolute Gasteiger partial charge is 0.665 e. The zero-order valence-corrected chi connectivity index (χ0v) is 37.9. The second-order valence-electron chi connectivity index (χ2n) is 17.1. The summed E-state index contributed by atoms with van der Waals surface area (Å²) >= 11 is -1.27. The van der Waals surface area contributed by atoms with E-state index in [2.05, 4.69) is 151 Å². The fourth-order valence-corrected chi connectivity index (χ4v) is 7.26. The molecule has 280 valence electrons. The number of rotatable bonds is 8. The smallest absolute Gasteiger partial charge is 0.131 e. The fraction of sp³-hybridized carbons (Fsp3) is 0.511. The van der Waals surface area contributed by atoms with Gasteiger partial charge in [0, 0.05) is 11.1 Å². The van der Waals surface area contributed by atoms with E-state index in [1.54, 1.807) is 0 Å². The van der Waals surface area contributed by atoms with E-state index in [1.807, 2.05) is 30.4 Å². The summed E-state index contributed by atoms with van der Waals surface area (Å²) in [6, 6.07) is 19.9. The maximum Gasteiger partial charge on any atom is 0.131 e. The Balaban J connectivity index is 0.000000534. The molecule has 0 spiro atoms. The molecule has 4 heteroatoms. The topological polar surface area (TPSA) is 51.4 Å². The molecule has 51 heavy (non-hydrogen) atoms. The third kappa shape index (κ3) is 12.3. The molecule has 3 nitrogen and oxygen atoms in total. The Hall–Kier alpha value is -2.90. The Kier molecular flexibility index (Phi) is 16.7. The Bertz CT molecular complexity index is 1600. The van der Waals surface area contributed by atoms with Gasteiger partial charge in [-0.3, -0.25) is 0 Å². The van der Waals surface area contributed by atoms with Gasteiger partial charge < -0.3 is 10.1 Å². The predicted molar refractivity (Wildman–Crippen MR) is 219 cm³/mol. The van der Waals surface area contributed by atoms with Gasteiger partial charge in [0.2, 0.25) is 0 Å². The molecule has 1 heterocycles. The molecule has 4 rings (SSSR count). The summed E-state index contributed by atoms with van der Waals surface area (Å²) in [5.74, 6) is 2.77. The number of aromatic hydroxyl groups is 1. The molecule has 0 aliphatic heterocycles. The van der Waals surface area contributed by atoms with Gasteiger partial charge in [-0.05, 0) is 80.0 Å². The van der Waals surface area contributed by atoms with Crippen molar-refractivity contribution in [2.24, 2.45) is 5.41 Å². The zero-order valence-electron chi connectivity index (χ0n) is 34.9. The van der Waals surface area contributed by atoms with Gasteiger partial charge in [-0.15, -0.1) is 0 Å². The van der Waals surface area contributed by atoms with Crippen LogP contribution >= 0.6 is 0 Å². The minimum absolute atomic E-state index is 0.187. The van der Waals surface area contributed by atoms with E-state index < -0.39 is 18.1 Å². The second kappa shape index (κ2) is 19.3. The molecule has 0 radical (unpaired) electrons. The molecule has 4 aromatic rings. The monoisotopic (exact) mass is 862 g/mol. The minimum atomic E-state index is -1.27. The number of benzene rings is 3. The molecule has 1 N–H and O–H groups in total. The van der Waals surface area contributed by atoms with Crippen LogP contribution in [0.4, 0.5) is 0 Å². The summed E-state index contributed by atoms with van der Waals surface area (Å²) in [6.07, 6.45) is 0. The quantitative estimate of drug-likeness (QED) is 0.192. The Morgan fingerprint density at radius 1 is 0.569 bits per heavy atom. The first kappa shape index (κ1) is 44.3. The van der Waals surface area contributed by atoms with Crippen molar-refractivity contribution in [1.29, 1.82) is 0 Å². The first-order valence-corrected chi connectivity index (χ1v) is 21.9. The number of aryl methyl sites for hydroxylation is 2. The van der Waals surface area contributed by atoms with Crippen molar-refractivity contribution in [1.82, 2.24) is 4.98 Å². The first-order chi connectivity index (χ1) is 23.6. The Morgan fingerprint density at radius 2 is 0.882 bits per heavy atom. The third-order valence-corrected chi connectivity index (χ3v) is 12.0. The van der Waals surface area contributed by atoms with Gasteiger partial charge in [0.15, 0.2) is 0 Å². The maximum absolute atomic E-state index is 12.1. The number of hydrogen-bond donors (Lipinski definition) is 1. The molecule has 0 atom stereocenters. The SMILES string of the molecule is CC(C)(C)[CH]=[W]=[O].CC(C)c1cc(C(C)C)c(-c2cccc(-c3c(C(C)C)cc(C(C)C)cc3C(C)C)c2O)c(C(C)C)c1.Cc1ccc(C)[n-]1. The van der Waals surface area contributed by atoms with Gasteiger partial charge in [0.25, 0.3) is 0 Å². The van der Waals surface area contributed by atoms with Gasteiger partial charge >= 0.3 is 52.0 Å². The van der Waals surface area contributed by atoms with Crippen LogP contribution in [-0.4, -0.2) is 9.51 Å². The first-order valence-electron chi connectivity index (χ1n) is 19.0. The van der Waals surface area contributed by atoms with E-state index in [0.717, 1.165) is 22.5 Å². The van der Waals surface area contributed by atoms with Crippen LogP contribution in [0.1, 0.15) is 184 Å². The van der Waals surface area contributed by atoms with Crippen molar-refractivity contribution >= 4 is 4.40 Å². The van der Waals surface area contributed by atoms with Gasteiger partial charge in [-0.1, -0.05) is 152 Å². The van der Waals surface area contributed by atoms with Crippen LogP contribution in [-0.2, 0) is 21.5 Å². The van der Waals surface area contributed by atoms with Crippen LogP contribution in [0, 0.1) is 19.3 Å². The number of hydrogen-bond acceptors (Lipinski definition) is 2. The van der Waals surface area contributed by atoms with E-state index in [0.29, 0.717) is 41.3 Å². The Labute approximate surface area is 320 Å². The molecular weight excluding hydrogens is 794 g/mol. The van der Waals surface area contributed by atoms with Crippen LogP contribution in [0.3, 0.4) is 0 Å². The molecule has 0 bridgehead atoms. The molecule has 0 fully saturated rings. The third-order valence-electron chi connectivity index (χ3n) is 9.16. The summed E-state index contributed by atoms with van der Waals surface area (Å²) < 4.78 is 12.0. The van der Waals surface area contributed by atoms with Crippen LogP contribution in [0.25, 0.3) is 22.3 Å². The minimum Gasteiger partial charge on any atom is -0.665 e. The van der Waals surface area contributed by atoms with Crippen LogP contribution in [0.2, 0.25) is 0 Å². The summed E-state index contributed by atoms with van der Waals surface area (Å²) in [5, 5.41) is 12.1. The van der Waals surface area contributed by atoms with Crippen molar-refractivity contribution in [2.75, 3.05) is 0 Å². The molecule has 0 amide bonds. The van der Waals surface area contributed by atoms with E-state index in [1.165, 1.54) is 44.5 Å².